The molecule has 0 aromatic heterocycles. The number of methoxy groups -OCH3 is 1. The number of nitrogens with two attached hydrogens (primary N) is 1. The molecule has 2 atom stereocenters. The van der Waals surface area contributed by atoms with Gasteiger partial charge in [-0.3, -0.25) is 9.59 Å². The second-order valence-electron chi connectivity index (χ2n) is 4.36. The van der Waals surface area contributed by atoms with Crippen LogP contribution >= 0.6 is 0 Å². The molecule has 0 saturated heterocycles. The number of nitrogens with zero attached hydrogens (tertiary/aromatic N) is 1. The molecule has 0 aliphatic carbocycles. The lowest BCUT2D eigenvalue weighted by Crippen LogP contribution is -2.43. The van der Waals surface area contributed by atoms with Crippen LogP contribution < -0.4 is 10.6 Å². The molecule has 0 bridgehead atoms. The fourth-order valence-electron chi connectivity index (χ4n) is 2.30. The molecule has 0 saturated carbocycles. The number of ether oxygens (including phenoxy) is 1. The highest BCUT2D eigenvalue weighted by molar-refractivity contribution is 6.01. The van der Waals surface area contributed by atoms with E-state index in [0.717, 1.165) is 0 Å². The number of rotatable bonds is 4. The number of fused-ring (bicyclic) bond motifs is 1. The first-order valence-electron chi connectivity index (χ1n) is 5.96. The standard InChI is InChI=1S/C13H16N2O4/c1-19-11(6-14)12(16)15-7-9(13(17)18)8-4-2-3-5-10(8)15/h2-5,9,11H,6-7,14H2,1H3,(H,17,18). The number of hydrogen-bond donors (Lipinski definition) is 2. The molecule has 1 heterocycles. The Labute approximate surface area is 110 Å². The summed E-state index contributed by atoms with van der Waals surface area (Å²) in [4.78, 5) is 25.0. The van der Waals surface area contributed by atoms with Gasteiger partial charge in [-0.25, -0.2) is 0 Å². The zero-order valence-corrected chi connectivity index (χ0v) is 10.6. The van der Waals surface area contributed by atoms with Crippen molar-refractivity contribution in [2.45, 2.75) is 12.0 Å². The molecule has 6 nitrogen and oxygen atoms in total. The quantitative estimate of drug-likeness (QED) is 0.809. The van der Waals surface area contributed by atoms with Crippen LogP contribution in [0.3, 0.4) is 0 Å². The van der Waals surface area contributed by atoms with Gasteiger partial charge in [0, 0.05) is 25.9 Å². The SMILES string of the molecule is COC(CN)C(=O)N1CC(C(=O)O)c2ccccc21. The summed E-state index contributed by atoms with van der Waals surface area (Å²) in [5, 5.41) is 9.22. The summed E-state index contributed by atoms with van der Waals surface area (Å²) < 4.78 is 5.02. The van der Waals surface area contributed by atoms with Crippen LogP contribution in [0.5, 0.6) is 0 Å². The van der Waals surface area contributed by atoms with Crippen LogP contribution in [-0.2, 0) is 14.3 Å². The van der Waals surface area contributed by atoms with Crippen molar-refractivity contribution in [3.63, 3.8) is 0 Å². The highest BCUT2D eigenvalue weighted by Gasteiger charge is 2.38. The van der Waals surface area contributed by atoms with Crippen LogP contribution in [0.4, 0.5) is 5.69 Å². The van der Waals surface area contributed by atoms with Gasteiger partial charge in [0.25, 0.3) is 5.91 Å². The Hall–Kier alpha value is -1.92. The molecule has 3 N–H and O–H groups in total. The van der Waals surface area contributed by atoms with E-state index in [0.29, 0.717) is 11.3 Å². The molecule has 2 rings (SSSR count). The summed E-state index contributed by atoms with van der Waals surface area (Å²) >= 11 is 0. The third-order valence-electron chi connectivity index (χ3n) is 3.31. The number of carboxylic acid groups (broad SMARTS) is 1. The molecule has 1 aliphatic rings. The highest BCUT2D eigenvalue weighted by Crippen LogP contribution is 2.36. The van der Waals surface area contributed by atoms with E-state index in [2.05, 4.69) is 0 Å². The molecule has 6 heteroatoms. The van der Waals surface area contributed by atoms with Gasteiger partial charge in [0.05, 0.1) is 0 Å². The lowest BCUT2D eigenvalue weighted by atomic mass is 10.0. The number of para-hydroxylation sites is 1. The lowest BCUT2D eigenvalue weighted by Gasteiger charge is -2.22. The molecular formula is C13H16N2O4. The Bertz CT molecular complexity index is 499. The van der Waals surface area contributed by atoms with Gasteiger partial charge in [0.1, 0.15) is 12.0 Å². The van der Waals surface area contributed by atoms with Gasteiger partial charge < -0.3 is 20.5 Å². The first-order valence-corrected chi connectivity index (χ1v) is 5.96. The number of amides is 1. The molecule has 1 aromatic rings. The van der Waals surface area contributed by atoms with E-state index < -0.39 is 18.0 Å². The zero-order valence-electron chi connectivity index (χ0n) is 10.6. The molecular weight excluding hydrogens is 248 g/mol. The first-order chi connectivity index (χ1) is 9.10. The van der Waals surface area contributed by atoms with Crippen molar-refractivity contribution in [1.82, 2.24) is 0 Å². The van der Waals surface area contributed by atoms with E-state index in [1.165, 1.54) is 12.0 Å². The Morgan fingerprint density at radius 3 is 2.79 bits per heavy atom. The molecule has 0 fully saturated rings. The number of carbonyl (C=O) groups is 2. The average molecular weight is 264 g/mol. The fraction of sp³-hybridized carbons (Fsp3) is 0.385. The molecule has 19 heavy (non-hydrogen) atoms. The minimum absolute atomic E-state index is 0.0612. The van der Waals surface area contributed by atoms with Gasteiger partial charge in [-0.05, 0) is 11.6 Å². The van der Waals surface area contributed by atoms with Crippen molar-refractivity contribution in [3.05, 3.63) is 29.8 Å². The Balaban J connectivity index is 2.35. The smallest absolute Gasteiger partial charge is 0.312 e. The van der Waals surface area contributed by atoms with Crippen molar-refractivity contribution in [3.8, 4) is 0 Å². The first kappa shape index (κ1) is 13.5. The third-order valence-corrected chi connectivity index (χ3v) is 3.31. The van der Waals surface area contributed by atoms with Crippen molar-refractivity contribution in [2.24, 2.45) is 5.73 Å². The maximum atomic E-state index is 12.3. The number of carbonyl (C=O) groups excluding carboxylic acids is 1. The van der Waals surface area contributed by atoms with E-state index in [-0.39, 0.29) is 19.0 Å². The minimum Gasteiger partial charge on any atom is -0.481 e. The van der Waals surface area contributed by atoms with Crippen LogP contribution in [0.25, 0.3) is 0 Å². The topological polar surface area (TPSA) is 92.9 Å². The van der Waals surface area contributed by atoms with E-state index in [1.54, 1.807) is 24.3 Å². The Morgan fingerprint density at radius 2 is 2.21 bits per heavy atom. The number of carboxylic acids is 1. The van der Waals surface area contributed by atoms with E-state index in [9.17, 15) is 14.7 Å². The van der Waals surface area contributed by atoms with Gasteiger partial charge in [-0.2, -0.15) is 0 Å². The summed E-state index contributed by atoms with van der Waals surface area (Å²) in [6.45, 7) is 0.180. The number of aliphatic carboxylic acids is 1. The van der Waals surface area contributed by atoms with E-state index in [1.807, 2.05) is 0 Å². The molecule has 102 valence electrons. The van der Waals surface area contributed by atoms with Gasteiger partial charge in [0.15, 0.2) is 0 Å². The van der Waals surface area contributed by atoms with Gasteiger partial charge in [-0.15, -0.1) is 0 Å². The van der Waals surface area contributed by atoms with Crippen LogP contribution in [0, 0.1) is 0 Å². The largest absolute Gasteiger partial charge is 0.481 e. The summed E-state index contributed by atoms with van der Waals surface area (Å²) in [7, 11) is 1.41. The fourth-order valence-corrected chi connectivity index (χ4v) is 2.30. The molecule has 1 aliphatic heterocycles. The Morgan fingerprint density at radius 1 is 1.53 bits per heavy atom. The minimum atomic E-state index is -0.940. The molecule has 0 radical (unpaired) electrons. The van der Waals surface area contributed by atoms with Crippen LogP contribution in [-0.4, -0.2) is 43.3 Å². The van der Waals surface area contributed by atoms with Crippen LogP contribution in [0.2, 0.25) is 0 Å². The lowest BCUT2D eigenvalue weighted by molar-refractivity contribution is -0.138. The number of anilines is 1. The predicted octanol–water partition coefficient (Wildman–Crippen LogP) is 0.175. The highest BCUT2D eigenvalue weighted by atomic mass is 16.5. The monoisotopic (exact) mass is 264 g/mol. The second kappa shape index (κ2) is 5.38. The maximum absolute atomic E-state index is 12.3. The maximum Gasteiger partial charge on any atom is 0.312 e. The van der Waals surface area contributed by atoms with Crippen molar-refractivity contribution >= 4 is 17.6 Å². The number of hydrogen-bond acceptors (Lipinski definition) is 4. The molecule has 0 spiro atoms. The zero-order chi connectivity index (χ0) is 14.0. The summed E-state index contributed by atoms with van der Waals surface area (Å²) in [6, 6.07) is 7.00. The third kappa shape index (κ3) is 2.32. The van der Waals surface area contributed by atoms with Crippen molar-refractivity contribution < 1.29 is 19.4 Å². The van der Waals surface area contributed by atoms with E-state index in [4.69, 9.17) is 10.5 Å². The van der Waals surface area contributed by atoms with Crippen LogP contribution in [0.15, 0.2) is 24.3 Å². The number of benzene rings is 1. The average Bonchev–Trinajstić information content (AvgIpc) is 2.79. The van der Waals surface area contributed by atoms with E-state index >= 15 is 0 Å². The summed E-state index contributed by atoms with van der Waals surface area (Å²) in [6.07, 6.45) is -0.749. The molecule has 1 amide bonds. The normalized spacial score (nSPS) is 19.1. The van der Waals surface area contributed by atoms with Crippen molar-refractivity contribution in [1.29, 1.82) is 0 Å². The predicted molar refractivity (Wildman–Crippen MR) is 69.0 cm³/mol. The summed E-state index contributed by atoms with van der Waals surface area (Å²) in [5.41, 5.74) is 6.75. The van der Waals surface area contributed by atoms with Crippen molar-refractivity contribution in [2.75, 3.05) is 25.1 Å². The molecule has 1 aromatic carbocycles. The Kier molecular flexibility index (Phi) is 3.82. The molecule has 2 unspecified atom stereocenters. The van der Waals surface area contributed by atoms with Crippen LogP contribution in [0.1, 0.15) is 11.5 Å². The second-order valence-corrected chi connectivity index (χ2v) is 4.36. The van der Waals surface area contributed by atoms with Gasteiger partial charge in [-0.1, -0.05) is 18.2 Å². The summed E-state index contributed by atoms with van der Waals surface area (Å²) in [5.74, 6) is -1.94. The van der Waals surface area contributed by atoms with Gasteiger partial charge in [0.2, 0.25) is 0 Å². The van der Waals surface area contributed by atoms with Gasteiger partial charge >= 0.3 is 5.97 Å².